The zero-order valence-electron chi connectivity index (χ0n) is 10.9. The number of halogens is 1. The molecule has 1 atom stereocenters. The van der Waals surface area contributed by atoms with Gasteiger partial charge in [0.1, 0.15) is 15.4 Å². The van der Waals surface area contributed by atoms with Gasteiger partial charge in [-0.2, -0.15) is 0 Å². The van der Waals surface area contributed by atoms with E-state index in [0.717, 1.165) is 25.7 Å². The van der Waals surface area contributed by atoms with E-state index in [9.17, 15) is 5.11 Å². The summed E-state index contributed by atoms with van der Waals surface area (Å²) in [7, 11) is 0. The first-order valence-corrected chi connectivity index (χ1v) is 7.57. The second kappa shape index (κ2) is 5.08. The van der Waals surface area contributed by atoms with Crippen LogP contribution in [0.2, 0.25) is 4.34 Å². The van der Waals surface area contributed by atoms with Gasteiger partial charge in [-0.3, -0.25) is 0 Å². The Hall–Kier alpha value is -0.160. The number of nitrogens with two attached hydrogens (primary N) is 1. The average molecular weight is 289 g/mol. The average Bonchev–Trinajstić information content (AvgIpc) is 2.76. The van der Waals surface area contributed by atoms with Crippen LogP contribution in [0.15, 0.2) is 6.20 Å². The summed E-state index contributed by atoms with van der Waals surface area (Å²) in [4.78, 5) is 4.20. The third-order valence-corrected chi connectivity index (χ3v) is 5.48. The van der Waals surface area contributed by atoms with E-state index in [2.05, 4.69) is 18.8 Å². The maximum atomic E-state index is 10.6. The van der Waals surface area contributed by atoms with Gasteiger partial charge in [-0.15, -0.1) is 11.3 Å². The fourth-order valence-electron chi connectivity index (χ4n) is 2.67. The lowest BCUT2D eigenvalue weighted by Gasteiger charge is -2.45. The number of hydrogen-bond acceptors (Lipinski definition) is 4. The van der Waals surface area contributed by atoms with E-state index in [4.69, 9.17) is 17.3 Å². The van der Waals surface area contributed by atoms with E-state index in [-0.39, 0.29) is 5.41 Å². The van der Waals surface area contributed by atoms with Crippen LogP contribution >= 0.6 is 22.9 Å². The Balaban J connectivity index is 2.18. The number of aliphatic hydroxyl groups is 1. The van der Waals surface area contributed by atoms with Crippen LogP contribution in [0.5, 0.6) is 0 Å². The molecular formula is C13H21ClN2OS. The molecule has 0 aromatic carbocycles. The Morgan fingerprint density at radius 3 is 2.50 bits per heavy atom. The van der Waals surface area contributed by atoms with Crippen molar-refractivity contribution in [3.05, 3.63) is 15.5 Å². The van der Waals surface area contributed by atoms with Crippen molar-refractivity contribution >= 4 is 22.9 Å². The second-order valence-corrected chi connectivity index (χ2v) is 7.83. The van der Waals surface area contributed by atoms with Crippen molar-refractivity contribution < 1.29 is 5.11 Å². The normalized spacial score (nSPS) is 23.8. The van der Waals surface area contributed by atoms with Gasteiger partial charge in [-0.25, -0.2) is 4.98 Å². The minimum absolute atomic E-state index is 0.225. The molecule has 0 amide bonds. The van der Waals surface area contributed by atoms with Gasteiger partial charge in [-0.1, -0.05) is 25.4 Å². The summed E-state index contributed by atoms with van der Waals surface area (Å²) >= 11 is 7.24. The van der Waals surface area contributed by atoms with Crippen molar-refractivity contribution in [3.63, 3.8) is 0 Å². The van der Waals surface area contributed by atoms with E-state index in [1.807, 2.05) is 0 Å². The number of aliphatic hydroxyl groups excluding tert-OH is 1. The van der Waals surface area contributed by atoms with E-state index in [1.165, 1.54) is 11.3 Å². The van der Waals surface area contributed by atoms with Crippen LogP contribution in [-0.2, 0) is 0 Å². The smallest absolute Gasteiger partial charge is 0.123 e. The van der Waals surface area contributed by atoms with Crippen LogP contribution in [-0.4, -0.2) is 16.6 Å². The number of aromatic nitrogens is 1. The minimum atomic E-state index is -0.587. The molecule has 1 heterocycles. The molecule has 0 spiro atoms. The second-order valence-electron chi connectivity index (χ2n) is 6.14. The predicted octanol–water partition coefficient (Wildman–Crippen LogP) is 3.38. The third-order valence-electron chi connectivity index (χ3n) is 4.32. The van der Waals surface area contributed by atoms with Crippen molar-refractivity contribution in [2.45, 2.75) is 45.6 Å². The lowest BCUT2D eigenvalue weighted by molar-refractivity contribution is -0.0236. The van der Waals surface area contributed by atoms with Crippen molar-refractivity contribution in [1.29, 1.82) is 0 Å². The van der Waals surface area contributed by atoms with Crippen LogP contribution in [0.25, 0.3) is 0 Å². The molecule has 18 heavy (non-hydrogen) atoms. The Bertz CT molecular complexity index is 409. The highest BCUT2D eigenvalue weighted by molar-refractivity contribution is 7.15. The summed E-state index contributed by atoms with van der Waals surface area (Å²) in [5.41, 5.74) is 6.09. The zero-order valence-corrected chi connectivity index (χ0v) is 12.5. The number of nitrogens with zero attached hydrogens (tertiary/aromatic N) is 1. The van der Waals surface area contributed by atoms with Crippen LogP contribution in [0.3, 0.4) is 0 Å². The lowest BCUT2D eigenvalue weighted by atomic mass is 9.63. The van der Waals surface area contributed by atoms with E-state index < -0.39 is 6.10 Å². The molecular weight excluding hydrogens is 268 g/mol. The van der Waals surface area contributed by atoms with Crippen molar-refractivity contribution in [1.82, 2.24) is 4.98 Å². The van der Waals surface area contributed by atoms with Crippen LogP contribution in [0.1, 0.15) is 50.6 Å². The molecule has 1 aromatic rings. The number of hydrogen-bond donors (Lipinski definition) is 2. The molecule has 3 N–H and O–H groups in total. The lowest BCUT2D eigenvalue weighted by Crippen LogP contribution is -2.41. The molecule has 1 aliphatic rings. The maximum absolute atomic E-state index is 10.6. The molecule has 1 aromatic heterocycles. The Kier molecular flexibility index (Phi) is 4.02. The fraction of sp³-hybridized carbons (Fsp3) is 0.769. The summed E-state index contributed by atoms with van der Waals surface area (Å²) < 4.78 is 0.618. The van der Waals surface area contributed by atoms with E-state index in [0.29, 0.717) is 21.3 Å². The SMILES string of the molecule is CC1(C)CCC(CN)(C(O)c2ncc(Cl)s2)CC1. The Morgan fingerprint density at radius 1 is 1.44 bits per heavy atom. The van der Waals surface area contributed by atoms with Gasteiger partial charge in [0.25, 0.3) is 0 Å². The fourth-order valence-corrected chi connectivity index (χ4v) is 3.73. The largest absolute Gasteiger partial charge is 0.385 e. The molecule has 1 unspecified atom stereocenters. The van der Waals surface area contributed by atoms with Crippen molar-refractivity contribution in [2.75, 3.05) is 6.54 Å². The highest BCUT2D eigenvalue weighted by atomic mass is 35.5. The highest BCUT2D eigenvalue weighted by Gasteiger charge is 2.44. The molecule has 1 saturated carbocycles. The van der Waals surface area contributed by atoms with Crippen molar-refractivity contribution in [2.24, 2.45) is 16.6 Å². The van der Waals surface area contributed by atoms with Crippen molar-refractivity contribution in [3.8, 4) is 0 Å². The number of rotatable bonds is 3. The van der Waals surface area contributed by atoms with Crippen LogP contribution < -0.4 is 5.73 Å². The molecule has 1 aliphatic carbocycles. The van der Waals surface area contributed by atoms with Gasteiger partial charge in [0.2, 0.25) is 0 Å². The minimum Gasteiger partial charge on any atom is -0.385 e. The molecule has 2 rings (SSSR count). The Morgan fingerprint density at radius 2 is 2.06 bits per heavy atom. The summed E-state index contributed by atoms with van der Waals surface area (Å²) in [6.45, 7) is 5.06. The molecule has 5 heteroatoms. The summed E-state index contributed by atoms with van der Waals surface area (Å²) in [6, 6.07) is 0. The van der Waals surface area contributed by atoms with Crippen LogP contribution in [0, 0.1) is 10.8 Å². The van der Waals surface area contributed by atoms with Gasteiger partial charge < -0.3 is 10.8 Å². The van der Waals surface area contributed by atoms with E-state index >= 15 is 0 Å². The Labute approximate surface area is 117 Å². The summed E-state index contributed by atoms with van der Waals surface area (Å²) in [5, 5.41) is 11.3. The first-order chi connectivity index (χ1) is 8.38. The van der Waals surface area contributed by atoms with Gasteiger partial charge in [0, 0.05) is 12.0 Å². The van der Waals surface area contributed by atoms with Gasteiger partial charge in [0.15, 0.2) is 0 Å². The third kappa shape index (κ3) is 2.72. The molecule has 0 radical (unpaired) electrons. The molecule has 0 aliphatic heterocycles. The van der Waals surface area contributed by atoms with Crippen LogP contribution in [0.4, 0.5) is 0 Å². The first kappa shape index (κ1) is 14.3. The summed E-state index contributed by atoms with van der Waals surface area (Å²) in [6.07, 6.45) is 5.11. The van der Waals surface area contributed by atoms with Gasteiger partial charge in [0.05, 0.1) is 6.20 Å². The molecule has 1 fully saturated rings. The first-order valence-electron chi connectivity index (χ1n) is 6.38. The number of thiazole rings is 1. The highest BCUT2D eigenvalue weighted by Crippen LogP contribution is 2.51. The predicted molar refractivity (Wildman–Crippen MR) is 75.8 cm³/mol. The van der Waals surface area contributed by atoms with E-state index in [1.54, 1.807) is 6.20 Å². The van der Waals surface area contributed by atoms with Gasteiger partial charge >= 0.3 is 0 Å². The molecule has 102 valence electrons. The zero-order chi connectivity index (χ0) is 13.4. The molecule has 3 nitrogen and oxygen atoms in total. The quantitative estimate of drug-likeness (QED) is 0.896. The standard InChI is InChI=1S/C13H21ClN2OS/c1-12(2)3-5-13(8-15,6-4-12)10(17)11-16-7-9(14)18-11/h7,10,17H,3-6,8,15H2,1-2H3. The topological polar surface area (TPSA) is 59.1 Å². The maximum Gasteiger partial charge on any atom is 0.123 e. The molecule has 0 bridgehead atoms. The molecule has 0 saturated heterocycles. The van der Waals surface area contributed by atoms with Gasteiger partial charge in [-0.05, 0) is 31.1 Å². The monoisotopic (exact) mass is 288 g/mol. The summed E-state index contributed by atoms with van der Waals surface area (Å²) in [5.74, 6) is 0.